The maximum absolute atomic E-state index is 13.1. The number of carbonyl (C=O) groups is 2. The largest absolute Gasteiger partial charge is 0.445 e. The second-order valence-electron chi connectivity index (χ2n) is 6.37. The summed E-state index contributed by atoms with van der Waals surface area (Å²) in [6.45, 7) is 3.89. The lowest BCUT2D eigenvalue weighted by Crippen LogP contribution is -2.20. The Morgan fingerprint density at radius 1 is 0.815 bits per heavy atom. The van der Waals surface area contributed by atoms with E-state index in [1.165, 1.54) is 24.3 Å². The maximum atomic E-state index is 13.1. The molecule has 0 spiro atoms. The summed E-state index contributed by atoms with van der Waals surface area (Å²) >= 11 is 0. The molecule has 0 aliphatic heterocycles. The zero-order valence-electron chi connectivity index (χ0n) is 15.1. The van der Waals surface area contributed by atoms with Crippen LogP contribution in [0.15, 0.2) is 72.8 Å². The van der Waals surface area contributed by atoms with Gasteiger partial charge in [0, 0.05) is 11.1 Å². The van der Waals surface area contributed by atoms with Gasteiger partial charge in [0.25, 0.3) is 0 Å². The van der Waals surface area contributed by atoms with Crippen molar-refractivity contribution >= 4 is 11.8 Å². The van der Waals surface area contributed by atoms with Gasteiger partial charge in [-0.15, -0.1) is 0 Å². The van der Waals surface area contributed by atoms with Crippen LogP contribution in [0.2, 0.25) is 0 Å². The molecule has 0 aliphatic carbocycles. The Morgan fingerprint density at radius 2 is 1.44 bits per heavy atom. The highest BCUT2D eigenvalue weighted by Crippen LogP contribution is 2.25. The van der Waals surface area contributed by atoms with Crippen LogP contribution in [-0.2, 0) is 4.74 Å². The van der Waals surface area contributed by atoms with Gasteiger partial charge in [0.1, 0.15) is 5.82 Å². The summed E-state index contributed by atoms with van der Waals surface area (Å²) in [4.78, 5) is 25.6. The number of hydrogen-bond acceptors (Lipinski definition) is 3. The van der Waals surface area contributed by atoms with Gasteiger partial charge >= 0.3 is 5.97 Å². The SMILES string of the molecule is Cc1ccc(C(=O)[C@@H](OC(=O)c2ccc(F)cc2)c2ccccc2)cc1C. The van der Waals surface area contributed by atoms with Gasteiger partial charge < -0.3 is 4.74 Å². The average molecular weight is 362 g/mol. The fourth-order valence-corrected chi connectivity index (χ4v) is 2.71. The van der Waals surface area contributed by atoms with E-state index >= 15 is 0 Å². The Hall–Kier alpha value is -3.27. The van der Waals surface area contributed by atoms with Crippen LogP contribution in [-0.4, -0.2) is 11.8 Å². The average Bonchev–Trinajstić information content (AvgIpc) is 2.68. The number of aryl methyl sites for hydroxylation is 2. The van der Waals surface area contributed by atoms with Gasteiger partial charge in [0.05, 0.1) is 5.56 Å². The van der Waals surface area contributed by atoms with E-state index < -0.39 is 17.9 Å². The molecule has 0 N–H and O–H groups in total. The summed E-state index contributed by atoms with van der Waals surface area (Å²) in [6.07, 6.45) is -1.08. The second-order valence-corrected chi connectivity index (χ2v) is 6.37. The minimum atomic E-state index is -1.08. The lowest BCUT2D eigenvalue weighted by atomic mass is 9.97. The van der Waals surface area contributed by atoms with Gasteiger partial charge in [-0.3, -0.25) is 4.79 Å². The summed E-state index contributed by atoms with van der Waals surface area (Å²) in [5, 5.41) is 0. The predicted octanol–water partition coefficient (Wildman–Crippen LogP) is 5.22. The number of ether oxygens (including phenoxy) is 1. The van der Waals surface area contributed by atoms with Crippen molar-refractivity contribution in [2.45, 2.75) is 20.0 Å². The topological polar surface area (TPSA) is 43.4 Å². The van der Waals surface area contributed by atoms with Crippen LogP contribution in [0.3, 0.4) is 0 Å². The van der Waals surface area contributed by atoms with Crippen LogP contribution in [0.1, 0.15) is 43.5 Å². The number of carbonyl (C=O) groups excluding carboxylic acids is 2. The highest BCUT2D eigenvalue weighted by atomic mass is 19.1. The van der Waals surface area contributed by atoms with Gasteiger partial charge in [0.15, 0.2) is 6.10 Å². The molecule has 27 heavy (non-hydrogen) atoms. The molecule has 1 atom stereocenters. The molecule has 3 aromatic carbocycles. The number of benzene rings is 3. The normalized spacial score (nSPS) is 11.7. The monoisotopic (exact) mass is 362 g/mol. The molecule has 0 amide bonds. The fraction of sp³-hybridized carbons (Fsp3) is 0.130. The van der Waals surface area contributed by atoms with E-state index in [9.17, 15) is 14.0 Å². The van der Waals surface area contributed by atoms with Crippen LogP contribution in [0, 0.1) is 19.7 Å². The van der Waals surface area contributed by atoms with Crippen molar-refractivity contribution < 1.29 is 18.7 Å². The molecule has 0 unspecified atom stereocenters. The molecule has 0 saturated carbocycles. The summed E-state index contributed by atoms with van der Waals surface area (Å²) in [5.41, 5.74) is 3.30. The number of halogens is 1. The molecule has 0 heterocycles. The van der Waals surface area contributed by atoms with Crippen LogP contribution >= 0.6 is 0 Å². The van der Waals surface area contributed by atoms with Crippen LogP contribution < -0.4 is 0 Å². The van der Waals surface area contributed by atoms with Gasteiger partial charge in [-0.2, -0.15) is 0 Å². The molecule has 0 saturated heterocycles. The zero-order valence-corrected chi connectivity index (χ0v) is 15.1. The summed E-state index contributed by atoms with van der Waals surface area (Å²) in [5.74, 6) is -1.43. The Bertz CT molecular complexity index is 963. The maximum Gasteiger partial charge on any atom is 0.339 e. The number of ketones is 1. The first-order chi connectivity index (χ1) is 13.0. The molecule has 0 aliphatic rings. The van der Waals surface area contributed by atoms with E-state index in [1.807, 2.05) is 26.0 Å². The third kappa shape index (κ3) is 4.29. The second kappa shape index (κ2) is 7.96. The molecule has 3 nitrogen and oxygen atoms in total. The van der Waals surface area contributed by atoms with Crippen LogP contribution in [0.5, 0.6) is 0 Å². The van der Waals surface area contributed by atoms with E-state index in [4.69, 9.17) is 4.74 Å². The standard InChI is InChI=1S/C23H19FO3/c1-15-8-9-19(14-16(15)2)21(25)22(17-6-4-3-5-7-17)27-23(26)18-10-12-20(24)13-11-18/h3-14,22H,1-2H3/t22-/m0/s1. The lowest BCUT2D eigenvalue weighted by molar-refractivity contribution is 0.0280. The number of rotatable bonds is 5. The van der Waals surface area contributed by atoms with Crippen molar-refractivity contribution in [1.29, 1.82) is 0 Å². The molecule has 0 fully saturated rings. The first-order valence-electron chi connectivity index (χ1n) is 8.58. The fourth-order valence-electron chi connectivity index (χ4n) is 2.71. The molecule has 136 valence electrons. The van der Waals surface area contributed by atoms with Crippen molar-refractivity contribution in [2.75, 3.05) is 0 Å². The first kappa shape index (κ1) is 18.5. The molecular formula is C23H19FO3. The third-order valence-electron chi connectivity index (χ3n) is 4.44. The van der Waals surface area contributed by atoms with Crippen LogP contribution in [0.4, 0.5) is 4.39 Å². The highest BCUT2D eigenvalue weighted by molar-refractivity contribution is 6.02. The lowest BCUT2D eigenvalue weighted by Gasteiger charge is -2.18. The molecule has 0 aromatic heterocycles. The highest BCUT2D eigenvalue weighted by Gasteiger charge is 2.27. The van der Waals surface area contributed by atoms with Gasteiger partial charge in [-0.25, -0.2) is 9.18 Å². The Balaban J connectivity index is 1.93. The molecule has 0 bridgehead atoms. The predicted molar refractivity (Wildman–Crippen MR) is 101 cm³/mol. The zero-order chi connectivity index (χ0) is 19.4. The van der Waals surface area contributed by atoms with Crippen molar-refractivity contribution in [3.8, 4) is 0 Å². The van der Waals surface area contributed by atoms with E-state index in [0.717, 1.165) is 11.1 Å². The van der Waals surface area contributed by atoms with Gasteiger partial charge in [-0.1, -0.05) is 42.5 Å². The van der Waals surface area contributed by atoms with Crippen molar-refractivity contribution in [2.24, 2.45) is 0 Å². The quantitative estimate of drug-likeness (QED) is 0.461. The van der Waals surface area contributed by atoms with Gasteiger partial charge in [0.2, 0.25) is 5.78 Å². The molecular weight excluding hydrogens is 343 g/mol. The van der Waals surface area contributed by atoms with Crippen molar-refractivity contribution in [1.82, 2.24) is 0 Å². The van der Waals surface area contributed by atoms with Gasteiger partial charge in [-0.05, 0) is 55.3 Å². The third-order valence-corrected chi connectivity index (χ3v) is 4.44. The molecule has 3 rings (SSSR count). The first-order valence-corrected chi connectivity index (χ1v) is 8.58. The van der Waals surface area contributed by atoms with Crippen LogP contribution in [0.25, 0.3) is 0 Å². The Labute approximate surface area is 157 Å². The smallest absolute Gasteiger partial charge is 0.339 e. The van der Waals surface area contributed by atoms with E-state index in [1.54, 1.807) is 36.4 Å². The summed E-state index contributed by atoms with van der Waals surface area (Å²) in [7, 11) is 0. The number of hydrogen-bond donors (Lipinski definition) is 0. The minimum absolute atomic E-state index is 0.185. The number of Topliss-reactive ketones (excluding diaryl/α,β-unsaturated/α-hetero) is 1. The molecule has 3 aromatic rings. The Morgan fingerprint density at radius 3 is 2.07 bits per heavy atom. The van der Waals surface area contributed by atoms with Crippen molar-refractivity contribution in [3.63, 3.8) is 0 Å². The summed E-state index contributed by atoms with van der Waals surface area (Å²) in [6, 6.07) is 19.3. The van der Waals surface area contributed by atoms with E-state index in [2.05, 4.69) is 0 Å². The number of esters is 1. The van der Waals surface area contributed by atoms with Crippen molar-refractivity contribution in [3.05, 3.63) is 106 Å². The molecule has 4 heteroatoms. The van der Waals surface area contributed by atoms with E-state index in [-0.39, 0.29) is 11.3 Å². The Kier molecular flexibility index (Phi) is 5.46. The molecule has 0 radical (unpaired) electrons. The summed E-state index contributed by atoms with van der Waals surface area (Å²) < 4.78 is 18.6. The minimum Gasteiger partial charge on any atom is -0.445 e. The van der Waals surface area contributed by atoms with E-state index in [0.29, 0.717) is 11.1 Å².